The number of benzene rings is 5. The molecule has 7 aromatic rings. The maximum atomic E-state index is 14.1. The van der Waals surface area contributed by atoms with Crippen molar-refractivity contribution in [2.45, 2.75) is 6.42 Å². The van der Waals surface area contributed by atoms with Crippen molar-refractivity contribution in [2.24, 2.45) is 0 Å². The molecule has 2 aromatic heterocycles. The third-order valence-corrected chi connectivity index (χ3v) is 8.89. The van der Waals surface area contributed by atoms with Crippen LogP contribution >= 0.6 is 45.8 Å². The second-order valence-electron chi connectivity index (χ2n) is 10.7. The van der Waals surface area contributed by atoms with Crippen molar-refractivity contribution in [3.8, 4) is 28.6 Å². The summed E-state index contributed by atoms with van der Waals surface area (Å²) in [5, 5.41) is 24.2. The smallest absolute Gasteiger partial charge is 0.270 e. The summed E-state index contributed by atoms with van der Waals surface area (Å²) in [6.45, 7) is 0. The van der Waals surface area contributed by atoms with Crippen LogP contribution in [0.3, 0.4) is 0 Å². The van der Waals surface area contributed by atoms with Crippen LogP contribution in [0.2, 0.25) is 10.0 Å². The number of rotatable bonds is 8. The largest absolute Gasteiger partial charge is 0.416 e. The number of para-hydroxylation sites is 2. The van der Waals surface area contributed by atoms with Crippen LogP contribution in [0.1, 0.15) is 11.4 Å². The van der Waals surface area contributed by atoms with E-state index in [1.165, 1.54) is 12.1 Å². The van der Waals surface area contributed by atoms with Gasteiger partial charge in [-0.15, -0.1) is 10.2 Å². The summed E-state index contributed by atoms with van der Waals surface area (Å²) in [7, 11) is 0. The maximum absolute atomic E-state index is 14.1. The van der Waals surface area contributed by atoms with Crippen molar-refractivity contribution in [3.63, 3.8) is 0 Å². The first-order valence-electron chi connectivity index (χ1n) is 14.4. The minimum atomic E-state index is -0.484. The minimum absolute atomic E-state index is 0.0809. The van der Waals surface area contributed by atoms with Gasteiger partial charge >= 0.3 is 0 Å². The predicted molar refractivity (Wildman–Crippen MR) is 194 cm³/mol. The van der Waals surface area contributed by atoms with Crippen LogP contribution in [0.5, 0.6) is 0 Å². The van der Waals surface area contributed by atoms with Crippen LogP contribution in [-0.4, -0.2) is 24.7 Å². The molecule has 0 amide bonds. The number of nitro benzene ring substituents is 1. The van der Waals surface area contributed by atoms with E-state index in [1.54, 1.807) is 59.2 Å². The normalized spacial score (nSPS) is 11.1. The van der Waals surface area contributed by atoms with Gasteiger partial charge in [0.2, 0.25) is 11.8 Å². The monoisotopic (exact) mass is 786 g/mol. The van der Waals surface area contributed by atoms with Crippen LogP contribution in [0.25, 0.3) is 39.5 Å². The summed E-state index contributed by atoms with van der Waals surface area (Å²) in [6.07, 6.45) is 0.306. The summed E-state index contributed by atoms with van der Waals surface area (Å²) in [6, 6.07) is 31.7. The molecule has 0 aliphatic heterocycles. The molecule has 7 rings (SSSR count). The molecule has 5 aromatic carbocycles. The third-order valence-electron chi connectivity index (χ3n) is 7.59. The van der Waals surface area contributed by atoms with Crippen LogP contribution in [-0.2, 0) is 6.42 Å². The van der Waals surface area contributed by atoms with Gasteiger partial charge in [-0.25, -0.2) is 4.98 Å². The van der Waals surface area contributed by atoms with Gasteiger partial charge in [0.25, 0.3) is 11.2 Å². The van der Waals surface area contributed by atoms with Gasteiger partial charge in [0.05, 0.1) is 37.2 Å². The Bertz CT molecular complexity index is 2390. The van der Waals surface area contributed by atoms with E-state index in [9.17, 15) is 14.9 Å². The van der Waals surface area contributed by atoms with Gasteiger partial charge in [-0.3, -0.25) is 19.5 Å². The van der Waals surface area contributed by atoms with Crippen molar-refractivity contribution in [3.05, 3.63) is 155 Å². The molecule has 0 aliphatic rings. The Hall–Kier alpha value is -5.11. The van der Waals surface area contributed by atoms with E-state index in [-0.39, 0.29) is 23.0 Å². The number of hydrogen-bond acceptors (Lipinski definition) is 8. The predicted octanol–water partition coefficient (Wildman–Crippen LogP) is 9.26. The van der Waals surface area contributed by atoms with Gasteiger partial charge in [-0.1, -0.05) is 53.5 Å². The number of nitrogens with one attached hydrogen (secondary N) is 1. The fraction of sp³-hybridized carbons (Fsp3) is 0.0286. The molecule has 2 heterocycles. The van der Waals surface area contributed by atoms with E-state index >= 15 is 0 Å². The lowest BCUT2D eigenvalue weighted by atomic mass is 10.1. The van der Waals surface area contributed by atoms with Crippen LogP contribution in [0.15, 0.2) is 118 Å². The summed E-state index contributed by atoms with van der Waals surface area (Å²) in [5.41, 5.74) is 4.13. The zero-order valence-electron chi connectivity index (χ0n) is 24.6. The molecule has 0 saturated heterocycles. The fourth-order valence-corrected chi connectivity index (χ4v) is 6.25. The molecule has 0 bridgehead atoms. The third kappa shape index (κ3) is 6.27. The van der Waals surface area contributed by atoms with Gasteiger partial charge in [0.1, 0.15) is 5.82 Å². The summed E-state index contributed by atoms with van der Waals surface area (Å²) < 4.78 is 8.37. The average Bonchev–Trinajstić information content (AvgIpc) is 3.59. The Labute approximate surface area is 296 Å². The lowest BCUT2D eigenvalue weighted by Gasteiger charge is -2.17. The average molecular weight is 787 g/mol. The molecule has 0 saturated carbocycles. The zero-order valence-corrected chi connectivity index (χ0v) is 28.3. The molecule has 10 nitrogen and oxygen atoms in total. The maximum Gasteiger partial charge on any atom is 0.270 e. The van der Waals surface area contributed by atoms with Crippen molar-refractivity contribution < 1.29 is 9.34 Å². The van der Waals surface area contributed by atoms with E-state index in [1.807, 2.05) is 42.5 Å². The van der Waals surface area contributed by atoms with Crippen LogP contribution < -0.4 is 10.9 Å². The molecule has 48 heavy (non-hydrogen) atoms. The Balaban J connectivity index is 1.27. The van der Waals surface area contributed by atoms with Crippen molar-refractivity contribution in [1.82, 2.24) is 19.7 Å². The number of nitro groups is 1. The molecular formula is C35H21Cl2IN6O4. The number of hydrogen-bond donors (Lipinski definition) is 1. The molecule has 236 valence electrons. The molecular weight excluding hydrogens is 766 g/mol. The second kappa shape index (κ2) is 13.2. The van der Waals surface area contributed by atoms with Crippen LogP contribution in [0, 0.1) is 13.7 Å². The van der Waals surface area contributed by atoms with E-state index in [2.05, 4.69) is 38.1 Å². The molecule has 1 N–H and O–H groups in total. The van der Waals surface area contributed by atoms with Crippen molar-refractivity contribution in [1.29, 1.82) is 0 Å². The van der Waals surface area contributed by atoms with E-state index in [0.29, 0.717) is 55.7 Å². The Morgan fingerprint density at radius 1 is 0.833 bits per heavy atom. The highest BCUT2D eigenvalue weighted by atomic mass is 127. The fourth-order valence-electron chi connectivity index (χ4n) is 5.27. The van der Waals surface area contributed by atoms with Gasteiger partial charge < -0.3 is 9.73 Å². The quantitative estimate of drug-likeness (QED) is 0.0917. The summed E-state index contributed by atoms with van der Waals surface area (Å²) in [4.78, 5) is 29.8. The molecule has 0 radical (unpaired) electrons. The highest BCUT2D eigenvalue weighted by Crippen LogP contribution is 2.34. The number of nitrogens with zero attached hydrogens (tertiary/aromatic N) is 5. The SMILES string of the molecule is O=c1c2cc(I)ccc2nc(Cc2ccccc2Nc2c(Cl)cccc2Cl)n1-c1ccc(-c2nnc(-c3cccc([N+](=O)[O-])c3)o2)cc1. The highest BCUT2D eigenvalue weighted by molar-refractivity contribution is 14.1. The van der Waals surface area contributed by atoms with Gasteiger partial charge in [0, 0.05) is 38.9 Å². The minimum Gasteiger partial charge on any atom is -0.416 e. The Morgan fingerprint density at radius 2 is 1.54 bits per heavy atom. The number of aromatic nitrogens is 4. The van der Waals surface area contributed by atoms with Crippen molar-refractivity contribution in [2.75, 3.05) is 5.32 Å². The lowest BCUT2D eigenvalue weighted by molar-refractivity contribution is -0.384. The number of anilines is 2. The van der Waals surface area contributed by atoms with Gasteiger partial charge in [-0.2, -0.15) is 0 Å². The first-order valence-corrected chi connectivity index (χ1v) is 16.3. The zero-order chi connectivity index (χ0) is 33.4. The standard InChI is InChI=1S/C35H21Cl2IN6O4/c36-27-8-4-9-28(37)32(27)40-29-10-2-1-5-21(29)18-31-39-30-16-13-23(38)19-26(30)35(45)43(31)24-14-11-20(12-15-24)33-41-42-34(48-33)22-6-3-7-25(17-22)44(46)47/h1-17,19,40H,18H2. The van der Waals surface area contributed by atoms with Gasteiger partial charge in [-0.05, 0) is 94.9 Å². The molecule has 0 unspecified atom stereocenters. The molecule has 13 heteroatoms. The summed E-state index contributed by atoms with van der Waals surface area (Å²) >= 11 is 15.1. The molecule has 0 aliphatic carbocycles. The number of fused-ring (bicyclic) bond motifs is 1. The number of non-ortho nitro benzene ring substituents is 1. The molecule has 0 atom stereocenters. The molecule has 0 fully saturated rings. The van der Waals surface area contributed by atoms with E-state index < -0.39 is 4.92 Å². The number of halogens is 3. The van der Waals surface area contributed by atoms with Crippen LogP contribution in [0.4, 0.5) is 17.1 Å². The Kier molecular flexibility index (Phi) is 8.65. The first-order chi connectivity index (χ1) is 23.2. The lowest BCUT2D eigenvalue weighted by Crippen LogP contribution is -2.24. The van der Waals surface area contributed by atoms with E-state index in [0.717, 1.165) is 14.8 Å². The molecule has 0 spiro atoms. The summed E-state index contributed by atoms with van der Waals surface area (Å²) in [5.74, 6) is 0.890. The first kappa shape index (κ1) is 31.5. The van der Waals surface area contributed by atoms with E-state index in [4.69, 9.17) is 32.6 Å². The Morgan fingerprint density at radius 3 is 2.29 bits per heavy atom. The van der Waals surface area contributed by atoms with Crippen molar-refractivity contribution >= 4 is 73.8 Å². The topological polar surface area (TPSA) is 129 Å². The second-order valence-corrected chi connectivity index (χ2v) is 12.7. The highest BCUT2D eigenvalue weighted by Gasteiger charge is 2.18. The van der Waals surface area contributed by atoms with Gasteiger partial charge in [0.15, 0.2) is 0 Å².